The van der Waals surface area contributed by atoms with E-state index in [0.717, 1.165) is 34.3 Å². The minimum atomic E-state index is 0.511. The van der Waals surface area contributed by atoms with Crippen LogP contribution in [-0.2, 0) is 6.42 Å². The van der Waals surface area contributed by atoms with E-state index in [1.165, 1.54) is 0 Å². The molecule has 3 aromatic rings. The second-order valence-electron chi connectivity index (χ2n) is 4.07. The summed E-state index contributed by atoms with van der Waals surface area (Å²) in [6.07, 6.45) is 6.10. The van der Waals surface area contributed by atoms with E-state index in [4.69, 9.17) is 5.73 Å². The van der Waals surface area contributed by atoms with Crippen LogP contribution in [0.4, 0.5) is 5.82 Å². The summed E-state index contributed by atoms with van der Waals surface area (Å²) in [5.74, 6) is 0.511. The molecule has 0 spiro atoms. The predicted molar refractivity (Wildman–Crippen MR) is 70.9 cm³/mol. The summed E-state index contributed by atoms with van der Waals surface area (Å²) in [6.45, 7) is 2.08. The van der Waals surface area contributed by atoms with Crippen LogP contribution in [-0.4, -0.2) is 19.9 Å². The third-order valence-corrected chi connectivity index (χ3v) is 2.98. The van der Waals surface area contributed by atoms with E-state index in [2.05, 4.69) is 26.9 Å². The fourth-order valence-electron chi connectivity index (χ4n) is 2.14. The Hall–Kier alpha value is -2.43. The standard InChI is InChI=1S/C13H13N5/c1-2-10-12-9(6-16-13(12)18-7-17-10)8-3-4-15-11(14)5-8/h3-7H,2H2,1H3,(H2,14,15)(H,16,17,18). The third-order valence-electron chi connectivity index (χ3n) is 2.98. The first-order chi connectivity index (χ1) is 8.79. The number of fused-ring (bicyclic) bond motifs is 1. The number of nitrogens with one attached hydrogen (secondary N) is 1. The zero-order valence-corrected chi connectivity index (χ0v) is 10.0. The number of anilines is 1. The van der Waals surface area contributed by atoms with Crippen molar-refractivity contribution in [2.75, 3.05) is 5.73 Å². The SMILES string of the molecule is CCc1ncnc2[nH]cc(-c3ccnc(N)c3)c12. The van der Waals surface area contributed by atoms with Crippen LogP contribution in [0.2, 0.25) is 0 Å². The summed E-state index contributed by atoms with van der Waals surface area (Å²) in [7, 11) is 0. The lowest BCUT2D eigenvalue weighted by Gasteiger charge is -2.03. The molecule has 0 saturated heterocycles. The van der Waals surface area contributed by atoms with Crippen LogP contribution < -0.4 is 5.73 Å². The first-order valence-corrected chi connectivity index (χ1v) is 5.82. The van der Waals surface area contributed by atoms with Gasteiger partial charge in [-0.15, -0.1) is 0 Å². The number of hydrogen-bond acceptors (Lipinski definition) is 4. The van der Waals surface area contributed by atoms with Crippen molar-refractivity contribution >= 4 is 16.9 Å². The molecule has 90 valence electrons. The Morgan fingerprint density at radius 3 is 2.94 bits per heavy atom. The van der Waals surface area contributed by atoms with Crippen molar-refractivity contribution in [2.45, 2.75) is 13.3 Å². The number of aromatic nitrogens is 4. The van der Waals surface area contributed by atoms with Crippen molar-refractivity contribution in [3.63, 3.8) is 0 Å². The molecule has 3 rings (SSSR count). The second-order valence-corrected chi connectivity index (χ2v) is 4.07. The highest BCUT2D eigenvalue weighted by atomic mass is 14.9. The minimum Gasteiger partial charge on any atom is -0.384 e. The Bertz CT molecular complexity index is 701. The predicted octanol–water partition coefficient (Wildman–Crippen LogP) is 2.16. The molecule has 0 saturated carbocycles. The zero-order valence-electron chi connectivity index (χ0n) is 10.0. The Balaban J connectivity index is 2.30. The summed E-state index contributed by atoms with van der Waals surface area (Å²) in [5.41, 5.74) is 9.71. The third kappa shape index (κ3) is 1.60. The lowest BCUT2D eigenvalue weighted by molar-refractivity contribution is 1.03. The van der Waals surface area contributed by atoms with Crippen molar-refractivity contribution in [3.05, 3.63) is 36.5 Å². The molecule has 0 aliphatic heterocycles. The van der Waals surface area contributed by atoms with Gasteiger partial charge < -0.3 is 10.7 Å². The maximum absolute atomic E-state index is 5.73. The molecule has 0 aromatic carbocycles. The highest BCUT2D eigenvalue weighted by Gasteiger charge is 2.11. The minimum absolute atomic E-state index is 0.511. The summed E-state index contributed by atoms with van der Waals surface area (Å²) in [5, 5.41) is 1.06. The van der Waals surface area contributed by atoms with Gasteiger partial charge in [-0.2, -0.15) is 0 Å². The molecule has 0 fully saturated rings. The molecule has 0 unspecified atom stereocenters. The lowest BCUT2D eigenvalue weighted by Crippen LogP contribution is -1.92. The van der Waals surface area contributed by atoms with Gasteiger partial charge in [0.25, 0.3) is 0 Å². The fraction of sp³-hybridized carbons (Fsp3) is 0.154. The molecule has 0 aliphatic rings. The van der Waals surface area contributed by atoms with E-state index in [1.54, 1.807) is 12.5 Å². The molecule has 0 radical (unpaired) electrons. The number of hydrogen-bond donors (Lipinski definition) is 2. The molecule has 0 atom stereocenters. The molecule has 5 heteroatoms. The van der Waals surface area contributed by atoms with Gasteiger partial charge in [-0.25, -0.2) is 15.0 Å². The molecule has 0 bridgehead atoms. The maximum atomic E-state index is 5.73. The summed E-state index contributed by atoms with van der Waals surface area (Å²) >= 11 is 0. The van der Waals surface area contributed by atoms with Crippen LogP contribution in [0.1, 0.15) is 12.6 Å². The molecule has 0 aliphatic carbocycles. The van der Waals surface area contributed by atoms with Gasteiger partial charge in [0.05, 0.1) is 5.69 Å². The van der Waals surface area contributed by atoms with Crippen LogP contribution in [0.5, 0.6) is 0 Å². The normalized spacial score (nSPS) is 10.9. The van der Waals surface area contributed by atoms with E-state index < -0.39 is 0 Å². The molecular weight excluding hydrogens is 226 g/mol. The van der Waals surface area contributed by atoms with Crippen molar-refractivity contribution < 1.29 is 0 Å². The van der Waals surface area contributed by atoms with Gasteiger partial charge in [-0.05, 0) is 24.1 Å². The summed E-state index contributed by atoms with van der Waals surface area (Å²) in [4.78, 5) is 15.8. The topological polar surface area (TPSA) is 80.5 Å². The van der Waals surface area contributed by atoms with Crippen LogP contribution in [0.3, 0.4) is 0 Å². The van der Waals surface area contributed by atoms with Crippen molar-refractivity contribution in [3.8, 4) is 11.1 Å². The molecule has 3 heterocycles. The Morgan fingerprint density at radius 1 is 1.28 bits per heavy atom. The number of nitrogen functional groups attached to an aromatic ring is 1. The van der Waals surface area contributed by atoms with E-state index in [-0.39, 0.29) is 0 Å². The van der Waals surface area contributed by atoms with Crippen molar-refractivity contribution in [1.82, 2.24) is 19.9 Å². The number of pyridine rings is 1. The molecule has 18 heavy (non-hydrogen) atoms. The highest BCUT2D eigenvalue weighted by Crippen LogP contribution is 2.29. The smallest absolute Gasteiger partial charge is 0.141 e. The number of nitrogens with zero attached hydrogens (tertiary/aromatic N) is 3. The Morgan fingerprint density at radius 2 is 2.17 bits per heavy atom. The van der Waals surface area contributed by atoms with Gasteiger partial charge in [0.1, 0.15) is 17.8 Å². The number of nitrogens with two attached hydrogens (primary N) is 1. The van der Waals surface area contributed by atoms with Gasteiger partial charge in [0.2, 0.25) is 0 Å². The van der Waals surface area contributed by atoms with Crippen molar-refractivity contribution in [1.29, 1.82) is 0 Å². The molecular formula is C13H13N5. The molecule has 0 amide bonds. The largest absolute Gasteiger partial charge is 0.384 e. The Labute approximate surface area is 104 Å². The average Bonchev–Trinajstić information content (AvgIpc) is 2.82. The zero-order chi connectivity index (χ0) is 12.5. The first kappa shape index (κ1) is 10.7. The van der Waals surface area contributed by atoms with Gasteiger partial charge in [-0.1, -0.05) is 6.92 Å². The summed E-state index contributed by atoms with van der Waals surface area (Å²) in [6, 6.07) is 3.79. The monoisotopic (exact) mass is 239 g/mol. The fourth-order valence-corrected chi connectivity index (χ4v) is 2.14. The van der Waals surface area contributed by atoms with Gasteiger partial charge in [0, 0.05) is 23.3 Å². The Kier molecular flexibility index (Phi) is 2.44. The quantitative estimate of drug-likeness (QED) is 0.718. The maximum Gasteiger partial charge on any atom is 0.141 e. The number of aromatic amines is 1. The van der Waals surface area contributed by atoms with Crippen LogP contribution in [0.15, 0.2) is 30.9 Å². The lowest BCUT2D eigenvalue weighted by atomic mass is 10.1. The van der Waals surface area contributed by atoms with Crippen molar-refractivity contribution in [2.24, 2.45) is 0 Å². The van der Waals surface area contributed by atoms with Gasteiger partial charge in [0.15, 0.2) is 0 Å². The molecule has 3 aromatic heterocycles. The van der Waals surface area contributed by atoms with E-state index in [1.807, 2.05) is 18.3 Å². The van der Waals surface area contributed by atoms with E-state index in [0.29, 0.717) is 5.82 Å². The van der Waals surface area contributed by atoms with Gasteiger partial charge in [-0.3, -0.25) is 0 Å². The summed E-state index contributed by atoms with van der Waals surface area (Å²) < 4.78 is 0. The van der Waals surface area contributed by atoms with Crippen LogP contribution in [0, 0.1) is 0 Å². The highest BCUT2D eigenvalue weighted by molar-refractivity contribution is 5.95. The van der Waals surface area contributed by atoms with Crippen LogP contribution in [0.25, 0.3) is 22.2 Å². The van der Waals surface area contributed by atoms with E-state index >= 15 is 0 Å². The molecule has 3 N–H and O–H groups in total. The number of rotatable bonds is 2. The second kappa shape index (κ2) is 4.10. The molecule has 5 nitrogen and oxygen atoms in total. The number of aryl methyl sites for hydroxylation is 1. The number of H-pyrrole nitrogens is 1. The van der Waals surface area contributed by atoms with E-state index in [9.17, 15) is 0 Å². The first-order valence-electron chi connectivity index (χ1n) is 5.82. The average molecular weight is 239 g/mol. The van der Waals surface area contributed by atoms with Gasteiger partial charge >= 0.3 is 0 Å². The van der Waals surface area contributed by atoms with Crippen LogP contribution >= 0.6 is 0 Å².